The maximum absolute atomic E-state index is 5.26. The molecule has 0 saturated heterocycles. The molecule has 0 aliphatic rings. The molecule has 0 atom stereocenters. The van der Waals surface area contributed by atoms with E-state index in [-0.39, 0.29) is 0 Å². The van der Waals surface area contributed by atoms with Crippen molar-refractivity contribution in [2.45, 2.75) is 0 Å². The molecule has 0 saturated carbocycles. The predicted molar refractivity (Wildman–Crippen MR) is 57.3 cm³/mol. The van der Waals surface area contributed by atoms with Gasteiger partial charge in [0.2, 0.25) is 0 Å². The van der Waals surface area contributed by atoms with E-state index in [1.165, 1.54) is 0 Å². The van der Waals surface area contributed by atoms with E-state index in [0.29, 0.717) is 0 Å². The average Bonchev–Trinajstić information content (AvgIpc) is 2.15. The van der Waals surface area contributed by atoms with Gasteiger partial charge in [0, 0.05) is 11.3 Å². The monoisotopic (exact) mass is 174 g/mol. The Hall–Kier alpha value is -1.13. The van der Waals surface area contributed by atoms with Crippen LogP contribution in [0, 0.1) is 12.3 Å². The fraction of sp³-hybridized carbons (Fsp3) is 0.0909. The molecule has 12 heavy (non-hydrogen) atoms. The van der Waals surface area contributed by atoms with E-state index >= 15 is 0 Å². The first-order valence-corrected chi connectivity index (χ1v) is 4.34. The first kappa shape index (κ1) is 8.96. The van der Waals surface area contributed by atoms with Crippen molar-refractivity contribution >= 4 is 18.7 Å². The molecule has 0 aliphatic carbocycles. The zero-order valence-electron chi connectivity index (χ0n) is 6.70. The van der Waals surface area contributed by atoms with Crippen LogP contribution in [0.2, 0.25) is 0 Å². The average molecular weight is 174 g/mol. The summed E-state index contributed by atoms with van der Waals surface area (Å²) in [6.45, 7) is 0. The maximum Gasteiger partial charge on any atom is 0.0248 e. The normalized spacial score (nSPS) is 10.0. The third-order valence-corrected chi connectivity index (χ3v) is 1.68. The highest BCUT2D eigenvalue weighted by Gasteiger charge is 1.87. The lowest BCUT2D eigenvalue weighted by atomic mass is 10.1. The Labute approximate surface area is 78.7 Å². The molecular weight excluding hydrogens is 164 g/mol. The van der Waals surface area contributed by atoms with E-state index in [0.717, 1.165) is 16.9 Å². The van der Waals surface area contributed by atoms with Crippen LogP contribution in [0.3, 0.4) is 0 Å². The second-order valence-corrected chi connectivity index (χ2v) is 2.72. The lowest BCUT2D eigenvalue weighted by molar-refractivity contribution is 1.60. The Morgan fingerprint density at radius 3 is 3.00 bits per heavy atom. The first-order valence-electron chi connectivity index (χ1n) is 3.71. The zero-order chi connectivity index (χ0) is 8.81. The molecule has 1 aromatic rings. The molecule has 0 aliphatic heterocycles. The molecule has 1 heteroatoms. The van der Waals surface area contributed by atoms with Crippen LogP contribution >= 0.6 is 12.6 Å². The quantitative estimate of drug-likeness (QED) is 0.517. The Bertz CT molecular complexity index is 318. The van der Waals surface area contributed by atoms with Crippen molar-refractivity contribution in [1.82, 2.24) is 0 Å². The minimum absolute atomic E-state index is 0.750. The minimum atomic E-state index is 0.750. The summed E-state index contributed by atoms with van der Waals surface area (Å²) in [6, 6.07) is 7.85. The fourth-order valence-electron chi connectivity index (χ4n) is 0.921. The number of rotatable bonds is 2. The second kappa shape index (κ2) is 4.69. The third kappa shape index (κ3) is 2.48. The van der Waals surface area contributed by atoms with Gasteiger partial charge in [0.1, 0.15) is 0 Å². The third-order valence-electron chi connectivity index (χ3n) is 1.47. The molecule has 0 nitrogen and oxygen atoms in total. The molecule has 0 fully saturated rings. The van der Waals surface area contributed by atoms with Gasteiger partial charge in [-0.1, -0.05) is 30.2 Å². The highest BCUT2D eigenvalue weighted by molar-refractivity contribution is 7.80. The van der Waals surface area contributed by atoms with Crippen LogP contribution in [0.4, 0.5) is 0 Å². The van der Waals surface area contributed by atoms with E-state index in [2.05, 4.69) is 18.5 Å². The molecule has 0 N–H and O–H groups in total. The summed E-state index contributed by atoms with van der Waals surface area (Å²) in [7, 11) is 0. The summed E-state index contributed by atoms with van der Waals surface area (Å²) in [5.74, 6) is 3.34. The van der Waals surface area contributed by atoms with Gasteiger partial charge in [0.05, 0.1) is 0 Å². The molecule has 60 valence electrons. The number of hydrogen-bond donors (Lipinski definition) is 1. The standard InChI is InChI=1S/C11H10S/c1-2-10-5-3-6-11(9-10)7-4-8-12/h1,3-7,9,12H,8H2. The largest absolute Gasteiger partial charge is 0.175 e. The zero-order valence-corrected chi connectivity index (χ0v) is 7.59. The molecule has 0 bridgehead atoms. The van der Waals surface area contributed by atoms with Gasteiger partial charge in [-0.3, -0.25) is 0 Å². The van der Waals surface area contributed by atoms with Crippen LogP contribution in [0.1, 0.15) is 11.1 Å². The minimum Gasteiger partial charge on any atom is -0.175 e. The van der Waals surface area contributed by atoms with Crippen molar-refractivity contribution in [3.05, 3.63) is 41.5 Å². The maximum atomic E-state index is 5.26. The fourth-order valence-corrected chi connectivity index (χ4v) is 1.03. The summed E-state index contributed by atoms with van der Waals surface area (Å²) in [6.07, 6.45) is 9.25. The molecule has 1 aromatic carbocycles. The molecule has 0 aromatic heterocycles. The van der Waals surface area contributed by atoms with Gasteiger partial charge in [-0.2, -0.15) is 12.6 Å². The molecule has 0 heterocycles. The van der Waals surface area contributed by atoms with Gasteiger partial charge in [0.15, 0.2) is 0 Å². The smallest absolute Gasteiger partial charge is 0.0248 e. The van der Waals surface area contributed by atoms with E-state index in [9.17, 15) is 0 Å². The Morgan fingerprint density at radius 2 is 2.33 bits per heavy atom. The Kier molecular flexibility index (Phi) is 3.50. The van der Waals surface area contributed by atoms with Crippen molar-refractivity contribution in [2.24, 2.45) is 0 Å². The van der Waals surface area contributed by atoms with Gasteiger partial charge < -0.3 is 0 Å². The lowest BCUT2D eigenvalue weighted by Crippen LogP contribution is -1.75. The summed E-state index contributed by atoms with van der Waals surface area (Å²) < 4.78 is 0. The van der Waals surface area contributed by atoms with Crippen LogP contribution in [-0.2, 0) is 0 Å². The summed E-state index contributed by atoms with van der Waals surface area (Å²) >= 11 is 4.07. The van der Waals surface area contributed by atoms with Gasteiger partial charge in [-0.05, 0) is 17.7 Å². The molecule has 1 rings (SSSR count). The van der Waals surface area contributed by atoms with Crippen molar-refractivity contribution in [3.8, 4) is 12.3 Å². The molecule has 0 amide bonds. The summed E-state index contributed by atoms with van der Waals surface area (Å²) in [5.41, 5.74) is 2.04. The first-order chi connectivity index (χ1) is 5.86. The van der Waals surface area contributed by atoms with Crippen LogP contribution in [0.5, 0.6) is 0 Å². The van der Waals surface area contributed by atoms with E-state index in [4.69, 9.17) is 6.42 Å². The molecule has 0 radical (unpaired) electrons. The topological polar surface area (TPSA) is 0 Å². The van der Waals surface area contributed by atoms with Crippen LogP contribution in [0.15, 0.2) is 30.3 Å². The highest BCUT2D eigenvalue weighted by Crippen LogP contribution is 2.05. The van der Waals surface area contributed by atoms with E-state index in [1.54, 1.807) is 0 Å². The predicted octanol–water partition coefficient (Wildman–Crippen LogP) is 2.61. The molecular formula is C11H10S. The lowest BCUT2D eigenvalue weighted by Gasteiger charge is -1.93. The number of hydrogen-bond acceptors (Lipinski definition) is 1. The van der Waals surface area contributed by atoms with Gasteiger partial charge >= 0.3 is 0 Å². The summed E-state index contributed by atoms with van der Waals surface area (Å²) in [5, 5.41) is 0. The second-order valence-electron chi connectivity index (χ2n) is 2.35. The van der Waals surface area contributed by atoms with Crippen molar-refractivity contribution < 1.29 is 0 Å². The van der Waals surface area contributed by atoms with Crippen LogP contribution in [0.25, 0.3) is 6.08 Å². The van der Waals surface area contributed by atoms with Crippen molar-refractivity contribution in [1.29, 1.82) is 0 Å². The van der Waals surface area contributed by atoms with E-state index < -0.39 is 0 Å². The van der Waals surface area contributed by atoms with Gasteiger partial charge in [0.25, 0.3) is 0 Å². The summed E-state index contributed by atoms with van der Waals surface area (Å²) in [4.78, 5) is 0. The van der Waals surface area contributed by atoms with Crippen molar-refractivity contribution in [3.63, 3.8) is 0 Å². The van der Waals surface area contributed by atoms with Crippen molar-refractivity contribution in [2.75, 3.05) is 5.75 Å². The highest BCUT2D eigenvalue weighted by atomic mass is 32.1. The number of benzene rings is 1. The number of thiol groups is 1. The Balaban J connectivity index is 2.88. The van der Waals surface area contributed by atoms with Gasteiger partial charge in [-0.25, -0.2) is 0 Å². The van der Waals surface area contributed by atoms with E-state index in [1.807, 2.05) is 36.4 Å². The number of terminal acetylenes is 1. The van der Waals surface area contributed by atoms with Crippen LogP contribution < -0.4 is 0 Å². The SMILES string of the molecule is C#Cc1cccc(C=CCS)c1. The molecule has 0 unspecified atom stereocenters. The van der Waals surface area contributed by atoms with Crippen LogP contribution in [-0.4, -0.2) is 5.75 Å². The Morgan fingerprint density at radius 1 is 1.50 bits per heavy atom. The molecule has 0 spiro atoms. The van der Waals surface area contributed by atoms with Gasteiger partial charge in [-0.15, -0.1) is 6.42 Å².